The van der Waals surface area contributed by atoms with Crippen LogP contribution in [0.25, 0.3) is 11.1 Å². The van der Waals surface area contributed by atoms with Gasteiger partial charge in [-0.2, -0.15) is 0 Å². The molecular formula is C17H21BrN2O2. The first-order valence-corrected chi connectivity index (χ1v) is 7.68. The van der Waals surface area contributed by atoms with Crippen LogP contribution in [0.5, 0.6) is 11.5 Å². The first-order chi connectivity index (χ1) is 10.2. The van der Waals surface area contributed by atoms with Gasteiger partial charge in [0.25, 0.3) is 0 Å². The number of H-pyrrole nitrogens is 1. The second-order valence-corrected chi connectivity index (χ2v) is 6.09. The van der Waals surface area contributed by atoms with E-state index in [1.54, 1.807) is 6.07 Å². The van der Waals surface area contributed by atoms with Crippen molar-refractivity contribution in [2.24, 2.45) is 0 Å². The Morgan fingerprint density at radius 2 is 2.09 bits per heavy atom. The van der Waals surface area contributed by atoms with Crippen molar-refractivity contribution in [2.75, 3.05) is 13.1 Å². The van der Waals surface area contributed by atoms with Gasteiger partial charge in [0.05, 0.1) is 0 Å². The average molecular weight is 365 g/mol. The lowest BCUT2D eigenvalue weighted by Gasteiger charge is -2.41. The van der Waals surface area contributed by atoms with Gasteiger partial charge in [-0.15, -0.1) is 17.0 Å². The maximum absolute atomic E-state index is 10.4. The molecular weight excluding hydrogens is 344 g/mol. The summed E-state index contributed by atoms with van der Waals surface area (Å²) >= 11 is 0. The monoisotopic (exact) mass is 364 g/mol. The summed E-state index contributed by atoms with van der Waals surface area (Å²) in [5.41, 5.74) is 5.50. The van der Waals surface area contributed by atoms with Crippen LogP contribution in [0.1, 0.15) is 36.1 Å². The Kier molecular flexibility index (Phi) is 3.95. The summed E-state index contributed by atoms with van der Waals surface area (Å²) in [5, 5.41) is 20.5. The number of aromatic amines is 1. The molecule has 2 aromatic rings. The molecule has 1 aromatic carbocycles. The normalized spacial score (nSPS) is 19.2. The molecule has 0 radical (unpaired) electrons. The molecule has 1 aromatic heterocycles. The molecule has 118 valence electrons. The Morgan fingerprint density at radius 3 is 2.86 bits per heavy atom. The van der Waals surface area contributed by atoms with Gasteiger partial charge in [-0.1, -0.05) is 6.92 Å². The smallest absolute Gasteiger partial charge is 0.165 e. The number of aromatic nitrogens is 1. The third-order valence-corrected chi connectivity index (χ3v) is 4.87. The fraction of sp³-hybridized carbons (Fsp3) is 0.412. The van der Waals surface area contributed by atoms with Gasteiger partial charge in [0, 0.05) is 36.1 Å². The summed E-state index contributed by atoms with van der Waals surface area (Å²) in [7, 11) is 0. The highest BCUT2D eigenvalue weighted by Crippen LogP contribution is 2.51. The van der Waals surface area contributed by atoms with Crippen LogP contribution in [-0.2, 0) is 12.8 Å². The van der Waals surface area contributed by atoms with Crippen molar-refractivity contribution in [2.45, 2.75) is 32.2 Å². The minimum absolute atomic E-state index is 0. The van der Waals surface area contributed by atoms with Gasteiger partial charge in [-0.3, -0.25) is 4.90 Å². The maximum atomic E-state index is 10.4. The summed E-state index contributed by atoms with van der Waals surface area (Å²) < 4.78 is 0. The molecule has 0 spiro atoms. The number of hydrogen-bond donors (Lipinski definition) is 3. The molecule has 4 rings (SSSR count). The topological polar surface area (TPSA) is 59.5 Å². The van der Waals surface area contributed by atoms with Crippen LogP contribution in [0.3, 0.4) is 0 Å². The molecule has 0 fully saturated rings. The van der Waals surface area contributed by atoms with Crippen LogP contribution in [0, 0.1) is 0 Å². The Labute approximate surface area is 140 Å². The highest BCUT2D eigenvalue weighted by molar-refractivity contribution is 8.93. The highest BCUT2D eigenvalue weighted by Gasteiger charge is 2.36. The number of fused-ring (bicyclic) bond motifs is 2. The molecule has 1 aliphatic carbocycles. The number of halogens is 1. The van der Waals surface area contributed by atoms with Crippen molar-refractivity contribution in [3.63, 3.8) is 0 Å². The number of rotatable bonds is 2. The fourth-order valence-electron chi connectivity index (χ4n) is 3.98. The average Bonchev–Trinajstić information content (AvgIpc) is 2.94. The van der Waals surface area contributed by atoms with Gasteiger partial charge in [-0.25, -0.2) is 0 Å². The predicted octanol–water partition coefficient (Wildman–Crippen LogP) is 3.54. The maximum Gasteiger partial charge on any atom is 0.165 e. The highest BCUT2D eigenvalue weighted by atomic mass is 79.9. The molecule has 3 N–H and O–H groups in total. The lowest BCUT2D eigenvalue weighted by molar-refractivity contribution is 0.182. The number of phenols is 2. The second kappa shape index (κ2) is 5.63. The Bertz CT molecular complexity index is 711. The minimum Gasteiger partial charge on any atom is -0.504 e. The van der Waals surface area contributed by atoms with E-state index in [4.69, 9.17) is 0 Å². The standard InChI is InChI=1S/C17H20N2O2.BrH/c1-2-4-19-5-3-10-7-14(20)17(21)16-12-9-18-8-11(12)6-13(19)15(10)16;/h7-9,13,18,20-21H,2-6H2,1H3;1H. The van der Waals surface area contributed by atoms with E-state index >= 15 is 0 Å². The van der Waals surface area contributed by atoms with E-state index in [0.717, 1.165) is 43.5 Å². The van der Waals surface area contributed by atoms with Crippen molar-refractivity contribution in [1.29, 1.82) is 0 Å². The van der Waals surface area contributed by atoms with E-state index in [9.17, 15) is 10.2 Å². The van der Waals surface area contributed by atoms with Crippen molar-refractivity contribution < 1.29 is 10.2 Å². The minimum atomic E-state index is 0. The van der Waals surface area contributed by atoms with Crippen LogP contribution < -0.4 is 0 Å². The van der Waals surface area contributed by atoms with Crippen LogP contribution in [-0.4, -0.2) is 33.2 Å². The van der Waals surface area contributed by atoms with Crippen LogP contribution in [0.4, 0.5) is 0 Å². The number of aromatic hydroxyl groups is 2. The summed E-state index contributed by atoms with van der Waals surface area (Å²) in [5.74, 6) is 0.0261. The summed E-state index contributed by atoms with van der Waals surface area (Å²) in [6, 6.07) is 2.07. The molecule has 1 atom stereocenters. The van der Waals surface area contributed by atoms with Gasteiger partial charge >= 0.3 is 0 Å². The van der Waals surface area contributed by atoms with E-state index in [1.807, 2.05) is 12.4 Å². The molecule has 1 unspecified atom stereocenters. The van der Waals surface area contributed by atoms with Crippen LogP contribution >= 0.6 is 17.0 Å². The van der Waals surface area contributed by atoms with Crippen molar-refractivity contribution >= 4 is 17.0 Å². The van der Waals surface area contributed by atoms with E-state index in [2.05, 4.69) is 16.8 Å². The molecule has 0 saturated heterocycles. The van der Waals surface area contributed by atoms with E-state index in [-0.39, 0.29) is 28.5 Å². The number of hydrogen-bond acceptors (Lipinski definition) is 3. The van der Waals surface area contributed by atoms with E-state index in [0.29, 0.717) is 6.04 Å². The third kappa shape index (κ3) is 2.07. The van der Waals surface area contributed by atoms with Gasteiger partial charge < -0.3 is 15.2 Å². The Hall–Kier alpha value is -1.46. The SMILES string of the molecule is Br.CCCN1CCc2cc(O)c(O)c3c2C1Cc1c[nH]cc1-3. The zero-order valence-corrected chi connectivity index (χ0v) is 14.3. The Balaban J connectivity index is 0.00000144. The summed E-state index contributed by atoms with van der Waals surface area (Å²) in [6.45, 7) is 4.30. The number of benzene rings is 1. The quantitative estimate of drug-likeness (QED) is 0.714. The third-order valence-electron chi connectivity index (χ3n) is 4.87. The predicted molar refractivity (Wildman–Crippen MR) is 91.9 cm³/mol. The summed E-state index contributed by atoms with van der Waals surface area (Å²) in [6.07, 6.45) is 6.99. The molecule has 22 heavy (non-hydrogen) atoms. The summed E-state index contributed by atoms with van der Waals surface area (Å²) in [4.78, 5) is 5.66. The second-order valence-electron chi connectivity index (χ2n) is 6.09. The molecule has 2 heterocycles. The first kappa shape index (κ1) is 15.4. The van der Waals surface area contributed by atoms with Crippen molar-refractivity contribution in [3.8, 4) is 22.6 Å². The van der Waals surface area contributed by atoms with Gasteiger partial charge in [-0.05, 0) is 48.6 Å². The molecule has 4 nitrogen and oxygen atoms in total. The number of nitrogens with one attached hydrogen (secondary N) is 1. The van der Waals surface area contributed by atoms with Crippen molar-refractivity contribution in [1.82, 2.24) is 9.88 Å². The van der Waals surface area contributed by atoms with Crippen molar-refractivity contribution in [3.05, 3.63) is 35.2 Å². The lowest BCUT2D eigenvalue weighted by atomic mass is 9.78. The molecule has 0 amide bonds. The molecule has 0 bridgehead atoms. The van der Waals surface area contributed by atoms with E-state index in [1.165, 1.54) is 16.7 Å². The zero-order valence-electron chi connectivity index (χ0n) is 12.6. The van der Waals surface area contributed by atoms with Crippen LogP contribution in [0.15, 0.2) is 18.5 Å². The number of nitrogens with zero attached hydrogens (tertiary/aromatic N) is 1. The van der Waals surface area contributed by atoms with Gasteiger partial charge in [0.2, 0.25) is 0 Å². The largest absolute Gasteiger partial charge is 0.504 e. The number of phenolic OH excluding ortho intramolecular Hbond substituents is 2. The molecule has 5 heteroatoms. The molecule has 2 aliphatic rings. The van der Waals surface area contributed by atoms with Crippen LogP contribution in [0.2, 0.25) is 0 Å². The Morgan fingerprint density at radius 1 is 1.27 bits per heavy atom. The van der Waals surface area contributed by atoms with E-state index < -0.39 is 0 Å². The van der Waals surface area contributed by atoms with Gasteiger partial charge in [0.1, 0.15) is 0 Å². The lowest BCUT2D eigenvalue weighted by Crippen LogP contribution is -2.38. The molecule has 0 saturated carbocycles. The molecule has 1 aliphatic heterocycles. The fourth-order valence-corrected chi connectivity index (χ4v) is 3.98. The first-order valence-electron chi connectivity index (χ1n) is 7.68. The zero-order chi connectivity index (χ0) is 14.6. The van der Waals surface area contributed by atoms with Gasteiger partial charge in [0.15, 0.2) is 11.5 Å².